The minimum absolute atomic E-state index is 0.441. The van der Waals surface area contributed by atoms with Crippen LogP contribution in [0.25, 0.3) is 12.2 Å². The molecule has 0 radical (unpaired) electrons. The Morgan fingerprint density at radius 3 is 2.55 bits per heavy atom. The smallest absolute Gasteiger partial charge is 0.344 e. The van der Waals surface area contributed by atoms with Crippen molar-refractivity contribution in [2.75, 3.05) is 0 Å². The Hall–Kier alpha value is -2.62. The van der Waals surface area contributed by atoms with Crippen molar-refractivity contribution in [1.29, 1.82) is 0 Å². The van der Waals surface area contributed by atoms with Crippen LogP contribution in [0.3, 0.4) is 0 Å². The summed E-state index contributed by atoms with van der Waals surface area (Å²) >= 11 is 0. The van der Waals surface area contributed by atoms with Crippen LogP contribution < -0.4 is 4.74 Å². The molecule has 0 unspecified atom stereocenters. The molecule has 0 amide bonds. The number of hydrogen-bond donors (Lipinski definition) is 1. The van der Waals surface area contributed by atoms with Crippen LogP contribution in [-0.4, -0.2) is 22.2 Å². The molecule has 0 saturated heterocycles. The Labute approximate surface area is 117 Å². The van der Waals surface area contributed by atoms with Gasteiger partial charge in [0.15, 0.2) is 6.10 Å². The first kappa shape index (κ1) is 13.8. The lowest BCUT2D eigenvalue weighted by Gasteiger charge is -2.09. The van der Waals surface area contributed by atoms with E-state index in [1.165, 1.54) is 13.1 Å². The van der Waals surface area contributed by atoms with Gasteiger partial charge in [-0.25, -0.2) is 4.79 Å². The minimum atomic E-state index is -1.00. The third-order valence-corrected chi connectivity index (χ3v) is 2.67. The van der Waals surface area contributed by atoms with E-state index in [-0.39, 0.29) is 0 Å². The normalized spacial score (nSPS) is 12.2. The average molecular weight is 269 g/mol. The van der Waals surface area contributed by atoms with Gasteiger partial charge in [-0.15, -0.1) is 0 Å². The second kappa shape index (κ2) is 6.52. The number of carbonyl (C=O) groups is 1. The quantitative estimate of drug-likeness (QED) is 0.906. The van der Waals surface area contributed by atoms with Crippen LogP contribution in [0.4, 0.5) is 0 Å². The zero-order valence-electron chi connectivity index (χ0n) is 11.1. The molecule has 1 atom stereocenters. The summed E-state index contributed by atoms with van der Waals surface area (Å²) in [6.07, 6.45) is 4.48. The molecule has 1 aromatic carbocycles. The summed E-state index contributed by atoms with van der Waals surface area (Å²) in [4.78, 5) is 14.9. The van der Waals surface area contributed by atoms with E-state index in [4.69, 9.17) is 9.84 Å². The summed E-state index contributed by atoms with van der Waals surface area (Å²) in [5, 5.41) is 8.75. The third-order valence-electron chi connectivity index (χ3n) is 2.67. The number of carboxylic acids is 1. The SMILES string of the molecule is C[C@@H](Oc1ccc(/C=C/c2ccccc2)nc1)C(=O)O. The zero-order chi connectivity index (χ0) is 14.4. The molecule has 0 spiro atoms. The Bertz CT molecular complexity index is 591. The molecule has 0 fully saturated rings. The molecule has 4 nitrogen and oxygen atoms in total. The number of hydrogen-bond acceptors (Lipinski definition) is 3. The Balaban J connectivity index is 2.02. The predicted molar refractivity (Wildman–Crippen MR) is 77.3 cm³/mol. The molecule has 1 aromatic heterocycles. The molecular formula is C16H15NO3. The molecule has 0 bridgehead atoms. The topological polar surface area (TPSA) is 59.4 Å². The standard InChI is InChI=1S/C16H15NO3/c1-12(16(18)19)20-15-10-9-14(17-11-15)8-7-13-5-3-2-4-6-13/h2-12H,1H3,(H,18,19)/b8-7+/t12-/m1/s1. The van der Waals surface area contributed by atoms with Gasteiger partial charge >= 0.3 is 5.97 Å². The lowest BCUT2D eigenvalue weighted by Crippen LogP contribution is -2.22. The molecule has 0 aliphatic carbocycles. The van der Waals surface area contributed by atoms with Crippen LogP contribution in [-0.2, 0) is 4.79 Å². The highest BCUT2D eigenvalue weighted by Crippen LogP contribution is 2.13. The number of benzene rings is 1. The molecule has 2 aromatic rings. The van der Waals surface area contributed by atoms with E-state index in [9.17, 15) is 4.79 Å². The Kier molecular flexibility index (Phi) is 4.50. The van der Waals surface area contributed by atoms with E-state index in [0.29, 0.717) is 5.75 Å². The highest BCUT2D eigenvalue weighted by molar-refractivity contribution is 5.72. The first-order chi connectivity index (χ1) is 9.65. The predicted octanol–water partition coefficient (Wildman–Crippen LogP) is 3.10. The van der Waals surface area contributed by atoms with Crippen molar-refractivity contribution in [3.8, 4) is 5.75 Å². The summed E-state index contributed by atoms with van der Waals surface area (Å²) in [6.45, 7) is 1.48. The zero-order valence-corrected chi connectivity index (χ0v) is 11.1. The highest BCUT2D eigenvalue weighted by atomic mass is 16.5. The number of ether oxygens (including phenoxy) is 1. The highest BCUT2D eigenvalue weighted by Gasteiger charge is 2.12. The second-order valence-electron chi connectivity index (χ2n) is 4.26. The van der Waals surface area contributed by atoms with Crippen molar-refractivity contribution in [3.05, 3.63) is 59.9 Å². The molecule has 4 heteroatoms. The molecule has 1 heterocycles. The maximum Gasteiger partial charge on any atom is 0.344 e. The van der Waals surface area contributed by atoms with Crippen LogP contribution in [0.15, 0.2) is 48.7 Å². The number of nitrogens with zero attached hydrogens (tertiary/aromatic N) is 1. The Morgan fingerprint density at radius 1 is 1.20 bits per heavy atom. The van der Waals surface area contributed by atoms with E-state index in [1.54, 1.807) is 12.1 Å². The van der Waals surface area contributed by atoms with E-state index in [0.717, 1.165) is 11.3 Å². The molecule has 0 saturated carbocycles. The fourth-order valence-electron chi connectivity index (χ4n) is 1.56. The van der Waals surface area contributed by atoms with Gasteiger partial charge < -0.3 is 9.84 Å². The van der Waals surface area contributed by atoms with Gasteiger partial charge in [0.25, 0.3) is 0 Å². The molecule has 0 aliphatic heterocycles. The van der Waals surface area contributed by atoms with E-state index >= 15 is 0 Å². The maximum absolute atomic E-state index is 10.7. The summed E-state index contributed by atoms with van der Waals surface area (Å²) < 4.78 is 5.21. The van der Waals surface area contributed by atoms with Crippen molar-refractivity contribution >= 4 is 18.1 Å². The molecule has 20 heavy (non-hydrogen) atoms. The van der Waals surface area contributed by atoms with Gasteiger partial charge in [0, 0.05) is 0 Å². The maximum atomic E-state index is 10.7. The van der Waals surface area contributed by atoms with Crippen molar-refractivity contribution in [2.45, 2.75) is 13.0 Å². The van der Waals surface area contributed by atoms with Gasteiger partial charge in [-0.1, -0.05) is 36.4 Å². The molecule has 102 valence electrons. The van der Waals surface area contributed by atoms with Crippen LogP contribution in [0.2, 0.25) is 0 Å². The fraction of sp³-hybridized carbons (Fsp3) is 0.125. The largest absolute Gasteiger partial charge is 0.479 e. The monoisotopic (exact) mass is 269 g/mol. The van der Waals surface area contributed by atoms with Gasteiger partial charge in [-0.3, -0.25) is 4.98 Å². The van der Waals surface area contributed by atoms with Gasteiger partial charge in [-0.2, -0.15) is 0 Å². The van der Waals surface area contributed by atoms with Crippen molar-refractivity contribution in [1.82, 2.24) is 4.98 Å². The number of carboxylic acid groups (broad SMARTS) is 1. The number of aromatic nitrogens is 1. The summed E-state index contributed by atoms with van der Waals surface area (Å²) in [5.41, 5.74) is 1.87. The summed E-state index contributed by atoms with van der Waals surface area (Å²) in [5.74, 6) is -0.560. The van der Waals surface area contributed by atoms with Gasteiger partial charge in [0.1, 0.15) is 5.75 Å². The minimum Gasteiger partial charge on any atom is -0.479 e. The molecular weight excluding hydrogens is 254 g/mol. The third kappa shape index (κ3) is 3.95. The van der Waals surface area contributed by atoms with Crippen LogP contribution in [0.1, 0.15) is 18.2 Å². The van der Waals surface area contributed by atoms with Crippen molar-refractivity contribution in [3.63, 3.8) is 0 Å². The molecule has 1 N–H and O–H groups in total. The number of aliphatic carboxylic acids is 1. The number of pyridine rings is 1. The lowest BCUT2D eigenvalue weighted by atomic mass is 10.2. The van der Waals surface area contributed by atoms with Crippen LogP contribution in [0, 0.1) is 0 Å². The first-order valence-corrected chi connectivity index (χ1v) is 6.24. The summed E-state index contributed by atoms with van der Waals surface area (Å²) in [7, 11) is 0. The van der Waals surface area contributed by atoms with Gasteiger partial charge in [0.05, 0.1) is 11.9 Å². The van der Waals surface area contributed by atoms with Crippen molar-refractivity contribution in [2.24, 2.45) is 0 Å². The average Bonchev–Trinajstić information content (AvgIpc) is 2.47. The van der Waals surface area contributed by atoms with Gasteiger partial charge in [0.2, 0.25) is 0 Å². The van der Waals surface area contributed by atoms with E-state index in [1.807, 2.05) is 42.5 Å². The van der Waals surface area contributed by atoms with Crippen LogP contribution in [0.5, 0.6) is 5.75 Å². The lowest BCUT2D eigenvalue weighted by molar-refractivity contribution is -0.144. The fourth-order valence-corrected chi connectivity index (χ4v) is 1.56. The molecule has 2 rings (SSSR count). The van der Waals surface area contributed by atoms with Gasteiger partial charge in [-0.05, 0) is 30.7 Å². The first-order valence-electron chi connectivity index (χ1n) is 6.24. The van der Waals surface area contributed by atoms with Crippen molar-refractivity contribution < 1.29 is 14.6 Å². The molecule has 0 aliphatic rings. The van der Waals surface area contributed by atoms with E-state index < -0.39 is 12.1 Å². The van der Waals surface area contributed by atoms with E-state index in [2.05, 4.69) is 4.98 Å². The Morgan fingerprint density at radius 2 is 1.95 bits per heavy atom. The number of rotatable bonds is 5. The summed E-state index contributed by atoms with van der Waals surface area (Å²) in [6, 6.07) is 13.4. The van der Waals surface area contributed by atoms with Crippen LogP contribution >= 0.6 is 0 Å². The second-order valence-corrected chi connectivity index (χ2v) is 4.26.